The molecule has 1 aliphatic carbocycles. The molecular weight excluding hydrogens is 252 g/mol. The van der Waals surface area contributed by atoms with Gasteiger partial charge in [0.05, 0.1) is 0 Å². The lowest BCUT2D eigenvalue weighted by molar-refractivity contribution is 0.269. The van der Waals surface area contributed by atoms with Crippen molar-refractivity contribution in [1.82, 2.24) is 4.90 Å². The average Bonchev–Trinajstić information content (AvgIpc) is 3.00. The SMILES string of the molecule is CCN(Cc1ccc(N)cc1Br)C1CC1. The summed E-state index contributed by atoms with van der Waals surface area (Å²) in [5.41, 5.74) is 7.87. The maximum atomic E-state index is 5.72. The fourth-order valence-corrected chi connectivity index (χ4v) is 2.37. The van der Waals surface area contributed by atoms with E-state index in [-0.39, 0.29) is 0 Å². The van der Waals surface area contributed by atoms with E-state index in [9.17, 15) is 0 Å². The van der Waals surface area contributed by atoms with E-state index in [1.807, 2.05) is 12.1 Å². The molecule has 0 aliphatic heterocycles. The summed E-state index contributed by atoms with van der Waals surface area (Å²) in [6.07, 6.45) is 2.72. The molecule has 0 atom stereocenters. The van der Waals surface area contributed by atoms with Crippen molar-refractivity contribution in [3.8, 4) is 0 Å². The van der Waals surface area contributed by atoms with Crippen molar-refractivity contribution < 1.29 is 0 Å². The predicted octanol–water partition coefficient (Wildman–Crippen LogP) is 3.02. The zero-order chi connectivity index (χ0) is 10.8. The summed E-state index contributed by atoms with van der Waals surface area (Å²) >= 11 is 3.57. The molecule has 0 spiro atoms. The van der Waals surface area contributed by atoms with Crippen molar-refractivity contribution in [2.75, 3.05) is 12.3 Å². The van der Waals surface area contributed by atoms with Gasteiger partial charge >= 0.3 is 0 Å². The van der Waals surface area contributed by atoms with Crippen molar-refractivity contribution >= 4 is 21.6 Å². The van der Waals surface area contributed by atoms with Gasteiger partial charge in [0.15, 0.2) is 0 Å². The number of nitrogens with two attached hydrogens (primary N) is 1. The third-order valence-electron chi connectivity index (χ3n) is 2.92. The average molecular weight is 269 g/mol. The Balaban J connectivity index is 2.08. The van der Waals surface area contributed by atoms with Gasteiger partial charge in [-0.15, -0.1) is 0 Å². The van der Waals surface area contributed by atoms with E-state index in [0.29, 0.717) is 0 Å². The summed E-state index contributed by atoms with van der Waals surface area (Å²) in [5.74, 6) is 0. The van der Waals surface area contributed by atoms with Gasteiger partial charge in [-0.2, -0.15) is 0 Å². The molecule has 1 aromatic carbocycles. The van der Waals surface area contributed by atoms with Crippen molar-refractivity contribution in [1.29, 1.82) is 0 Å². The van der Waals surface area contributed by atoms with Crippen LogP contribution >= 0.6 is 15.9 Å². The van der Waals surface area contributed by atoms with Gasteiger partial charge in [-0.3, -0.25) is 4.90 Å². The van der Waals surface area contributed by atoms with Crippen LogP contribution in [0.4, 0.5) is 5.69 Å². The summed E-state index contributed by atoms with van der Waals surface area (Å²) in [6.45, 7) is 4.38. The number of hydrogen-bond donors (Lipinski definition) is 1. The molecular formula is C12H17BrN2. The maximum Gasteiger partial charge on any atom is 0.0325 e. The van der Waals surface area contributed by atoms with Crippen LogP contribution in [-0.4, -0.2) is 17.5 Å². The van der Waals surface area contributed by atoms with E-state index in [2.05, 4.69) is 33.8 Å². The van der Waals surface area contributed by atoms with Crippen molar-refractivity contribution in [2.24, 2.45) is 0 Å². The Labute approximate surface area is 99.6 Å². The fraction of sp³-hybridized carbons (Fsp3) is 0.500. The molecule has 0 bridgehead atoms. The molecule has 0 amide bonds. The van der Waals surface area contributed by atoms with Crippen LogP contribution in [0.5, 0.6) is 0 Å². The predicted molar refractivity (Wildman–Crippen MR) is 67.7 cm³/mol. The van der Waals surface area contributed by atoms with Crippen LogP contribution in [0, 0.1) is 0 Å². The van der Waals surface area contributed by atoms with E-state index in [0.717, 1.165) is 29.3 Å². The Morgan fingerprint density at radius 1 is 1.47 bits per heavy atom. The van der Waals surface area contributed by atoms with Gasteiger partial charge in [0, 0.05) is 22.7 Å². The van der Waals surface area contributed by atoms with E-state index >= 15 is 0 Å². The van der Waals surface area contributed by atoms with Crippen molar-refractivity contribution in [2.45, 2.75) is 32.4 Å². The maximum absolute atomic E-state index is 5.72. The highest BCUT2D eigenvalue weighted by molar-refractivity contribution is 9.10. The second kappa shape index (κ2) is 4.54. The summed E-state index contributed by atoms with van der Waals surface area (Å²) in [7, 11) is 0. The van der Waals surface area contributed by atoms with Gasteiger partial charge in [-0.05, 0) is 37.1 Å². The van der Waals surface area contributed by atoms with Crippen LogP contribution in [0.25, 0.3) is 0 Å². The summed E-state index contributed by atoms with van der Waals surface area (Å²) < 4.78 is 1.13. The lowest BCUT2D eigenvalue weighted by Gasteiger charge is -2.20. The molecule has 2 N–H and O–H groups in total. The topological polar surface area (TPSA) is 29.3 Å². The van der Waals surface area contributed by atoms with E-state index < -0.39 is 0 Å². The third-order valence-corrected chi connectivity index (χ3v) is 3.66. The first-order valence-electron chi connectivity index (χ1n) is 5.48. The molecule has 1 aromatic rings. The third kappa shape index (κ3) is 2.73. The highest BCUT2D eigenvalue weighted by atomic mass is 79.9. The van der Waals surface area contributed by atoms with E-state index in [4.69, 9.17) is 5.73 Å². The number of rotatable bonds is 4. The van der Waals surface area contributed by atoms with Crippen LogP contribution in [0.3, 0.4) is 0 Å². The summed E-state index contributed by atoms with van der Waals surface area (Å²) in [5, 5.41) is 0. The molecule has 15 heavy (non-hydrogen) atoms. The first kappa shape index (κ1) is 11.0. The van der Waals surface area contributed by atoms with Crippen LogP contribution < -0.4 is 5.73 Å². The Morgan fingerprint density at radius 3 is 2.73 bits per heavy atom. The molecule has 0 radical (unpaired) electrons. The minimum Gasteiger partial charge on any atom is -0.399 e. The Bertz CT molecular complexity index is 347. The second-order valence-corrected chi connectivity index (χ2v) is 5.00. The molecule has 0 saturated heterocycles. The molecule has 2 rings (SSSR count). The minimum atomic E-state index is 0.819. The smallest absolute Gasteiger partial charge is 0.0325 e. The number of halogens is 1. The Hall–Kier alpha value is -0.540. The van der Waals surface area contributed by atoms with Gasteiger partial charge < -0.3 is 5.73 Å². The lowest BCUT2D eigenvalue weighted by Crippen LogP contribution is -2.25. The van der Waals surface area contributed by atoms with E-state index in [1.54, 1.807) is 0 Å². The molecule has 82 valence electrons. The Kier molecular flexibility index (Phi) is 3.32. The monoisotopic (exact) mass is 268 g/mol. The minimum absolute atomic E-state index is 0.819. The molecule has 0 unspecified atom stereocenters. The number of benzene rings is 1. The molecule has 1 aliphatic rings. The fourth-order valence-electron chi connectivity index (χ4n) is 1.85. The molecule has 1 fully saturated rings. The molecule has 0 aromatic heterocycles. The summed E-state index contributed by atoms with van der Waals surface area (Å²) in [6, 6.07) is 6.89. The van der Waals surface area contributed by atoms with Gasteiger partial charge in [0.1, 0.15) is 0 Å². The molecule has 0 heterocycles. The zero-order valence-corrected chi connectivity index (χ0v) is 10.6. The highest BCUT2D eigenvalue weighted by Crippen LogP contribution is 2.29. The number of nitrogens with zero attached hydrogens (tertiary/aromatic N) is 1. The van der Waals surface area contributed by atoms with Gasteiger partial charge in [-0.25, -0.2) is 0 Å². The number of hydrogen-bond acceptors (Lipinski definition) is 2. The molecule has 3 heteroatoms. The molecule has 1 saturated carbocycles. The lowest BCUT2D eigenvalue weighted by atomic mass is 10.2. The molecule has 2 nitrogen and oxygen atoms in total. The number of nitrogen functional groups attached to an aromatic ring is 1. The highest BCUT2D eigenvalue weighted by Gasteiger charge is 2.27. The summed E-state index contributed by atoms with van der Waals surface area (Å²) in [4.78, 5) is 2.52. The second-order valence-electron chi connectivity index (χ2n) is 4.15. The largest absolute Gasteiger partial charge is 0.399 e. The first-order valence-corrected chi connectivity index (χ1v) is 6.28. The van der Waals surface area contributed by atoms with Crippen LogP contribution in [0.1, 0.15) is 25.3 Å². The van der Waals surface area contributed by atoms with Crippen molar-refractivity contribution in [3.63, 3.8) is 0 Å². The van der Waals surface area contributed by atoms with Gasteiger partial charge in [0.25, 0.3) is 0 Å². The van der Waals surface area contributed by atoms with Crippen LogP contribution in [-0.2, 0) is 6.54 Å². The van der Waals surface area contributed by atoms with E-state index in [1.165, 1.54) is 18.4 Å². The normalized spacial score (nSPS) is 15.9. The standard InChI is InChI=1S/C12H17BrN2/c1-2-15(11-5-6-11)8-9-3-4-10(14)7-12(9)13/h3-4,7,11H,2,5-6,8,14H2,1H3. The number of anilines is 1. The van der Waals surface area contributed by atoms with Crippen molar-refractivity contribution in [3.05, 3.63) is 28.2 Å². The van der Waals surface area contributed by atoms with Gasteiger partial charge in [-0.1, -0.05) is 28.9 Å². The zero-order valence-electron chi connectivity index (χ0n) is 9.04. The Morgan fingerprint density at radius 2 is 2.20 bits per heavy atom. The van der Waals surface area contributed by atoms with Crippen LogP contribution in [0.2, 0.25) is 0 Å². The quantitative estimate of drug-likeness (QED) is 0.851. The van der Waals surface area contributed by atoms with Gasteiger partial charge in [0.2, 0.25) is 0 Å². The first-order chi connectivity index (χ1) is 7.20. The van der Waals surface area contributed by atoms with Crippen LogP contribution in [0.15, 0.2) is 22.7 Å².